The molecule has 22 heavy (non-hydrogen) atoms. The summed E-state index contributed by atoms with van der Waals surface area (Å²) < 4.78 is 0. The van der Waals surface area contributed by atoms with E-state index >= 15 is 0 Å². The van der Waals surface area contributed by atoms with E-state index in [1.165, 1.54) is 11.3 Å². The Morgan fingerprint density at radius 1 is 1.18 bits per heavy atom. The van der Waals surface area contributed by atoms with Crippen LogP contribution in [-0.2, 0) is 4.79 Å². The number of amides is 2. The Bertz CT molecular complexity index is 651. The van der Waals surface area contributed by atoms with Gasteiger partial charge in [0.05, 0.1) is 4.88 Å². The van der Waals surface area contributed by atoms with Gasteiger partial charge in [0.25, 0.3) is 5.91 Å². The van der Waals surface area contributed by atoms with E-state index in [0.717, 1.165) is 16.8 Å². The molecule has 2 rings (SSSR count). The van der Waals surface area contributed by atoms with E-state index in [9.17, 15) is 9.59 Å². The van der Waals surface area contributed by atoms with Gasteiger partial charge in [-0.3, -0.25) is 9.59 Å². The third-order valence-corrected chi connectivity index (χ3v) is 4.15. The molecule has 116 valence electrons. The molecule has 1 aromatic heterocycles. The number of hydrogen-bond acceptors (Lipinski definition) is 3. The lowest BCUT2D eigenvalue weighted by molar-refractivity contribution is -0.116. The highest BCUT2D eigenvalue weighted by molar-refractivity contribution is 7.12. The molecule has 1 heterocycles. The van der Waals surface area contributed by atoms with Gasteiger partial charge in [0.1, 0.15) is 0 Å². The van der Waals surface area contributed by atoms with Crippen LogP contribution in [0.2, 0.25) is 0 Å². The molecule has 0 bridgehead atoms. The van der Waals surface area contributed by atoms with Gasteiger partial charge in [-0.2, -0.15) is 0 Å². The maximum atomic E-state index is 11.9. The molecule has 0 aliphatic rings. The smallest absolute Gasteiger partial charge is 0.261 e. The standard InChI is InChI=1S/C17H20N2O2S/c1-12-7-8-13(2)14(11-12)19-16(20)6-3-9-18-17(21)15-5-4-10-22-15/h4-5,7-8,10-11H,3,6,9H2,1-2H3,(H,18,21)(H,19,20). The SMILES string of the molecule is Cc1ccc(C)c(NC(=O)CCCNC(=O)c2cccs2)c1. The van der Waals surface area contributed by atoms with Crippen LogP contribution in [0.5, 0.6) is 0 Å². The van der Waals surface area contributed by atoms with E-state index in [1.54, 1.807) is 6.07 Å². The maximum absolute atomic E-state index is 11.9. The Kier molecular flexibility index (Phi) is 5.72. The summed E-state index contributed by atoms with van der Waals surface area (Å²) in [6.07, 6.45) is 1.01. The molecular weight excluding hydrogens is 296 g/mol. The third-order valence-electron chi connectivity index (χ3n) is 3.28. The van der Waals surface area contributed by atoms with Crippen LogP contribution in [-0.4, -0.2) is 18.4 Å². The average Bonchev–Trinajstić information content (AvgIpc) is 3.01. The summed E-state index contributed by atoms with van der Waals surface area (Å²) in [7, 11) is 0. The van der Waals surface area contributed by atoms with Crippen molar-refractivity contribution in [2.75, 3.05) is 11.9 Å². The summed E-state index contributed by atoms with van der Waals surface area (Å²) in [4.78, 5) is 24.3. The van der Waals surface area contributed by atoms with Gasteiger partial charge in [-0.15, -0.1) is 11.3 Å². The summed E-state index contributed by atoms with van der Waals surface area (Å²) in [6, 6.07) is 9.60. The number of anilines is 1. The second-order valence-electron chi connectivity index (χ2n) is 5.20. The second-order valence-corrected chi connectivity index (χ2v) is 6.15. The normalized spacial score (nSPS) is 10.3. The first kappa shape index (κ1) is 16.2. The Morgan fingerprint density at radius 3 is 2.73 bits per heavy atom. The first-order chi connectivity index (χ1) is 10.6. The molecule has 0 saturated heterocycles. The van der Waals surface area contributed by atoms with E-state index in [2.05, 4.69) is 10.6 Å². The summed E-state index contributed by atoms with van der Waals surface area (Å²) in [5, 5.41) is 7.60. The lowest BCUT2D eigenvalue weighted by Gasteiger charge is -2.09. The Labute approximate surface area is 134 Å². The summed E-state index contributed by atoms with van der Waals surface area (Å²) in [5.74, 6) is -0.107. The predicted molar refractivity (Wildman–Crippen MR) is 90.4 cm³/mol. The van der Waals surface area contributed by atoms with Crippen LogP contribution in [0.4, 0.5) is 5.69 Å². The topological polar surface area (TPSA) is 58.2 Å². The molecule has 0 atom stereocenters. The number of carbonyl (C=O) groups is 2. The van der Waals surface area contributed by atoms with E-state index in [1.807, 2.05) is 43.5 Å². The highest BCUT2D eigenvalue weighted by Gasteiger charge is 2.07. The van der Waals surface area contributed by atoms with E-state index < -0.39 is 0 Å². The minimum absolute atomic E-state index is 0.0286. The van der Waals surface area contributed by atoms with Crippen molar-refractivity contribution in [3.05, 3.63) is 51.7 Å². The minimum Gasteiger partial charge on any atom is -0.351 e. The van der Waals surface area contributed by atoms with Crippen LogP contribution < -0.4 is 10.6 Å². The van der Waals surface area contributed by atoms with Gasteiger partial charge in [0.15, 0.2) is 0 Å². The number of hydrogen-bond donors (Lipinski definition) is 2. The average molecular weight is 316 g/mol. The molecule has 0 unspecified atom stereocenters. The van der Waals surface area contributed by atoms with E-state index in [-0.39, 0.29) is 11.8 Å². The largest absolute Gasteiger partial charge is 0.351 e. The van der Waals surface area contributed by atoms with Gasteiger partial charge in [0, 0.05) is 18.7 Å². The monoisotopic (exact) mass is 316 g/mol. The van der Waals surface area contributed by atoms with Gasteiger partial charge in [0.2, 0.25) is 5.91 Å². The number of rotatable bonds is 6. The molecule has 2 N–H and O–H groups in total. The van der Waals surface area contributed by atoms with E-state index in [0.29, 0.717) is 24.3 Å². The molecule has 2 amide bonds. The van der Waals surface area contributed by atoms with Crippen molar-refractivity contribution in [3.63, 3.8) is 0 Å². The molecule has 0 aliphatic carbocycles. The molecule has 0 fully saturated rings. The third kappa shape index (κ3) is 4.70. The van der Waals surface area contributed by atoms with Crippen LogP contribution in [0.1, 0.15) is 33.6 Å². The molecule has 1 aromatic carbocycles. The summed E-state index contributed by atoms with van der Waals surface area (Å²) >= 11 is 1.41. The van der Waals surface area contributed by atoms with Crippen LogP contribution >= 0.6 is 11.3 Å². The quantitative estimate of drug-likeness (QED) is 0.801. The first-order valence-electron chi connectivity index (χ1n) is 7.25. The van der Waals surface area contributed by atoms with Crippen molar-refractivity contribution in [1.82, 2.24) is 5.32 Å². The van der Waals surface area contributed by atoms with Gasteiger partial charge in [-0.1, -0.05) is 18.2 Å². The second kappa shape index (κ2) is 7.75. The van der Waals surface area contributed by atoms with Crippen molar-refractivity contribution < 1.29 is 9.59 Å². The molecule has 4 nitrogen and oxygen atoms in total. The Balaban J connectivity index is 1.72. The van der Waals surface area contributed by atoms with Crippen molar-refractivity contribution in [2.45, 2.75) is 26.7 Å². The first-order valence-corrected chi connectivity index (χ1v) is 8.13. The minimum atomic E-state index is -0.0788. The number of aryl methyl sites for hydroxylation is 2. The molecule has 2 aromatic rings. The van der Waals surface area contributed by atoms with Gasteiger partial charge >= 0.3 is 0 Å². The fraction of sp³-hybridized carbons (Fsp3) is 0.294. The highest BCUT2D eigenvalue weighted by atomic mass is 32.1. The van der Waals surface area contributed by atoms with E-state index in [4.69, 9.17) is 0 Å². The van der Waals surface area contributed by atoms with Crippen LogP contribution in [0.15, 0.2) is 35.7 Å². The Hall–Kier alpha value is -2.14. The summed E-state index contributed by atoms with van der Waals surface area (Å²) in [6.45, 7) is 4.46. The predicted octanol–water partition coefficient (Wildman–Crippen LogP) is 3.51. The van der Waals surface area contributed by atoms with Crippen molar-refractivity contribution in [2.24, 2.45) is 0 Å². The molecule has 0 spiro atoms. The van der Waals surface area contributed by atoms with Gasteiger partial charge in [-0.05, 0) is 48.9 Å². The zero-order chi connectivity index (χ0) is 15.9. The number of benzene rings is 1. The lowest BCUT2D eigenvalue weighted by atomic mass is 10.1. The molecular formula is C17H20N2O2S. The van der Waals surface area contributed by atoms with Crippen LogP contribution in [0, 0.1) is 13.8 Å². The zero-order valence-electron chi connectivity index (χ0n) is 12.8. The zero-order valence-corrected chi connectivity index (χ0v) is 13.6. The maximum Gasteiger partial charge on any atom is 0.261 e. The number of nitrogens with one attached hydrogen (secondary N) is 2. The molecule has 0 saturated carbocycles. The van der Waals surface area contributed by atoms with Crippen LogP contribution in [0.25, 0.3) is 0 Å². The van der Waals surface area contributed by atoms with Crippen LogP contribution in [0.3, 0.4) is 0 Å². The number of thiophene rings is 1. The highest BCUT2D eigenvalue weighted by Crippen LogP contribution is 2.16. The van der Waals surface area contributed by atoms with Gasteiger partial charge < -0.3 is 10.6 Å². The van der Waals surface area contributed by atoms with Crippen molar-refractivity contribution in [3.8, 4) is 0 Å². The van der Waals surface area contributed by atoms with Gasteiger partial charge in [-0.25, -0.2) is 0 Å². The van der Waals surface area contributed by atoms with Crippen molar-refractivity contribution >= 4 is 28.8 Å². The molecule has 5 heteroatoms. The number of carbonyl (C=O) groups excluding carboxylic acids is 2. The lowest BCUT2D eigenvalue weighted by Crippen LogP contribution is -2.24. The van der Waals surface area contributed by atoms with Crippen molar-refractivity contribution in [1.29, 1.82) is 0 Å². The molecule has 0 aliphatic heterocycles. The summed E-state index contributed by atoms with van der Waals surface area (Å²) in [5.41, 5.74) is 3.02. The fourth-order valence-electron chi connectivity index (χ4n) is 2.03. The fourth-order valence-corrected chi connectivity index (χ4v) is 2.67. The Morgan fingerprint density at radius 2 is 2.00 bits per heavy atom. The molecule has 0 radical (unpaired) electrons.